The molecule has 1 aromatic rings. The topological polar surface area (TPSA) is 85.3 Å². The maximum absolute atomic E-state index is 12.4. The van der Waals surface area contributed by atoms with Crippen LogP contribution in [0, 0.1) is 0 Å². The lowest BCUT2D eigenvalue weighted by atomic mass is 10.1. The summed E-state index contributed by atoms with van der Waals surface area (Å²) in [5.74, 6) is -0.341. The van der Waals surface area contributed by atoms with E-state index in [1.54, 1.807) is 18.2 Å². The van der Waals surface area contributed by atoms with Gasteiger partial charge >= 0.3 is 5.97 Å². The Bertz CT molecular complexity index is 558. The van der Waals surface area contributed by atoms with Gasteiger partial charge in [0.05, 0.1) is 13.2 Å². The normalized spacial score (nSPS) is 20.8. The maximum atomic E-state index is 12.4. The Morgan fingerprint density at radius 3 is 2.85 bits per heavy atom. The van der Waals surface area contributed by atoms with Crippen molar-refractivity contribution in [3.05, 3.63) is 23.8 Å². The van der Waals surface area contributed by atoms with E-state index in [-0.39, 0.29) is 25.9 Å². The third kappa shape index (κ3) is 2.16. The first kappa shape index (κ1) is 12.7. The number of carbonyl (C=O) groups is 2. The van der Waals surface area contributed by atoms with Crippen LogP contribution in [-0.4, -0.2) is 54.5 Å². The third-order valence-electron chi connectivity index (χ3n) is 3.29. The zero-order valence-electron chi connectivity index (χ0n) is 10.6. The quantitative estimate of drug-likeness (QED) is 0.840. The summed E-state index contributed by atoms with van der Waals surface area (Å²) >= 11 is 0. The molecular weight excluding hydrogens is 266 g/mol. The van der Waals surface area contributed by atoms with E-state index in [1.807, 2.05) is 0 Å². The highest BCUT2D eigenvalue weighted by atomic mass is 16.7. The van der Waals surface area contributed by atoms with Crippen molar-refractivity contribution < 1.29 is 28.9 Å². The van der Waals surface area contributed by atoms with Gasteiger partial charge in [0.1, 0.15) is 0 Å². The molecule has 0 spiro atoms. The van der Waals surface area contributed by atoms with Gasteiger partial charge in [-0.1, -0.05) is 0 Å². The number of fused-ring (bicyclic) bond motifs is 1. The molecule has 1 aromatic carbocycles. The number of morpholine rings is 1. The van der Waals surface area contributed by atoms with Crippen LogP contribution in [0.1, 0.15) is 10.4 Å². The van der Waals surface area contributed by atoms with Crippen molar-refractivity contribution in [2.45, 2.75) is 6.04 Å². The number of benzene rings is 1. The molecule has 3 rings (SSSR count). The number of rotatable bonds is 2. The molecule has 1 saturated heterocycles. The van der Waals surface area contributed by atoms with Gasteiger partial charge in [-0.05, 0) is 18.2 Å². The van der Waals surface area contributed by atoms with Crippen LogP contribution in [0.3, 0.4) is 0 Å². The first-order valence-corrected chi connectivity index (χ1v) is 6.18. The number of carbonyl (C=O) groups excluding carboxylic acids is 1. The molecule has 2 aliphatic rings. The minimum Gasteiger partial charge on any atom is -0.480 e. The second-order valence-electron chi connectivity index (χ2n) is 4.50. The largest absolute Gasteiger partial charge is 0.480 e. The summed E-state index contributed by atoms with van der Waals surface area (Å²) in [7, 11) is 0. The first-order chi connectivity index (χ1) is 9.66. The number of ether oxygens (including phenoxy) is 3. The molecule has 20 heavy (non-hydrogen) atoms. The van der Waals surface area contributed by atoms with Crippen LogP contribution in [0.25, 0.3) is 0 Å². The van der Waals surface area contributed by atoms with Crippen LogP contribution in [0.15, 0.2) is 18.2 Å². The molecule has 7 heteroatoms. The molecule has 1 fully saturated rings. The smallest absolute Gasteiger partial charge is 0.328 e. The van der Waals surface area contributed by atoms with Crippen LogP contribution in [-0.2, 0) is 9.53 Å². The van der Waals surface area contributed by atoms with E-state index >= 15 is 0 Å². The van der Waals surface area contributed by atoms with Crippen LogP contribution < -0.4 is 9.47 Å². The molecule has 2 heterocycles. The minimum absolute atomic E-state index is 0.00558. The molecule has 1 N–H and O–H groups in total. The van der Waals surface area contributed by atoms with Crippen LogP contribution in [0.5, 0.6) is 11.5 Å². The summed E-state index contributed by atoms with van der Waals surface area (Å²) in [5.41, 5.74) is 0.377. The highest BCUT2D eigenvalue weighted by Crippen LogP contribution is 2.33. The summed E-state index contributed by atoms with van der Waals surface area (Å²) in [6.07, 6.45) is 0. The van der Waals surface area contributed by atoms with E-state index in [0.29, 0.717) is 23.7 Å². The number of nitrogens with zero attached hydrogens (tertiary/aromatic N) is 1. The first-order valence-electron chi connectivity index (χ1n) is 6.18. The molecule has 0 aromatic heterocycles. The Morgan fingerprint density at radius 1 is 1.25 bits per heavy atom. The van der Waals surface area contributed by atoms with E-state index in [0.717, 1.165) is 0 Å². The highest BCUT2D eigenvalue weighted by molar-refractivity contribution is 5.97. The molecule has 7 nitrogen and oxygen atoms in total. The van der Waals surface area contributed by atoms with Gasteiger partial charge in [0.2, 0.25) is 6.79 Å². The second-order valence-corrected chi connectivity index (χ2v) is 4.50. The fourth-order valence-corrected chi connectivity index (χ4v) is 2.25. The van der Waals surface area contributed by atoms with E-state index in [1.165, 1.54) is 4.90 Å². The van der Waals surface area contributed by atoms with Crippen molar-refractivity contribution in [3.63, 3.8) is 0 Å². The van der Waals surface area contributed by atoms with Gasteiger partial charge in [-0.15, -0.1) is 0 Å². The van der Waals surface area contributed by atoms with E-state index in [4.69, 9.17) is 19.3 Å². The monoisotopic (exact) mass is 279 g/mol. The van der Waals surface area contributed by atoms with E-state index in [9.17, 15) is 9.59 Å². The van der Waals surface area contributed by atoms with Gasteiger partial charge in [-0.3, -0.25) is 4.79 Å². The van der Waals surface area contributed by atoms with Crippen LogP contribution in [0.4, 0.5) is 0 Å². The molecule has 0 radical (unpaired) electrons. The molecule has 0 unspecified atom stereocenters. The lowest BCUT2D eigenvalue weighted by molar-refractivity contribution is -0.147. The summed E-state index contributed by atoms with van der Waals surface area (Å²) in [6.45, 7) is 0.720. The zero-order chi connectivity index (χ0) is 14.1. The van der Waals surface area contributed by atoms with Crippen molar-refractivity contribution in [3.8, 4) is 11.5 Å². The molecular formula is C13H13NO6. The molecule has 1 amide bonds. The summed E-state index contributed by atoms with van der Waals surface area (Å²) < 4.78 is 15.5. The Labute approximate surface area is 114 Å². The van der Waals surface area contributed by atoms with Gasteiger partial charge in [-0.25, -0.2) is 4.79 Å². The summed E-state index contributed by atoms with van der Waals surface area (Å²) in [6, 6.07) is 3.86. The molecule has 0 saturated carbocycles. The van der Waals surface area contributed by atoms with Gasteiger partial charge in [0.15, 0.2) is 17.5 Å². The Kier molecular flexibility index (Phi) is 3.19. The summed E-state index contributed by atoms with van der Waals surface area (Å²) in [5, 5.41) is 9.14. The van der Waals surface area contributed by atoms with Crippen molar-refractivity contribution in [2.24, 2.45) is 0 Å². The standard InChI is InChI=1S/C13H13NO6/c15-12(14-3-4-18-6-9(14)13(16)17)8-1-2-10-11(5-8)20-7-19-10/h1-2,5,9H,3-4,6-7H2,(H,16,17)/t9-/m0/s1. The van der Waals surface area contributed by atoms with Gasteiger partial charge in [-0.2, -0.15) is 0 Å². The molecule has 2 aliphatic heterocycles. The average Bonchev–Trinajstić information content (AvgIpc) is 2.93. The predicted octanol–water partition coefficient (Wildman–Crippen LogP) is 0.341. The SMILES string of the molecule is O=C(O)[C@@H]1COCCN1C(=O)c1ccc2c(c1)OCO2. The van der Waals surface area contributed by atoms with Gasteiger partial charge in [0, 0.05) is 12.1 Å². The summed E-state index contributed by atoms with van der Waals surface area (Å²) in [4.78, 5) is 24.9. The molecule has 0 aliphatic carbocycles. The van der Waals surface area contributed by atoms with Crippen molar-refractivity contribution in [1.82, 2.24) is 4.90 Å². The molecule has 0 bridgehead atoms. The average molecular weight is 279 g/mol. The van der Waals surface area contributed by atoms with Crippen molar-refractivity contribution >= 4 is 11.9 Å². The number of hydrogen-bond donors (Lipinski definition) is 1. The Hall–Kier alpha value is -2.28. The van der Waals surface area contributed by atoms with Gasteiger partial charge < -0.3 is 24.2 Å². The number of amides is 1. The zero-order valence-corrected chi connectivity index (χ0v) is 10.6. The van der Waals surface area contributed by atoms with E-state index < -0.39 is 12.0 Å². The van der Waals surface area contributed by atoms with Gasteiger partial charge in [0.25, 0.3) is 5.91 Å². The van der Waals surface area contributed by atoms with Crippen LogP contribution >= 0.6 is 0 Å². The number of aliphatic carboxylic acids is 1. The predicted molar refractivity (Wildman–Crippen MR) is 65.8 cm³/mol. The van der Waals surface area contributed by atoms with Crippen molar-refractivity contribution in [1.29, 1.82) is 0 Å². The third-order valence-corrected chi connectivity index (χ3v) is 3.29. The number of carboxylic acid groups (broad SMARTS) is 1. The minimum atomic E-state index is -1.07. The fourth-order valence-electron chi connectivity index (χ4n) is 2.25. The highest BCUT2D eigenvalue weighted by Gasteiger charge is 2.33. The van der Waals surface area contributed by atoms with Crippen LogP contribution in [0.2, 0.25) is 0 Å². The fraction of sp³-hybridized carbons (Fsp3) is 0.385. The number of carboxylic acids is 1. The Balaban J connectivity index is 1.85. The second kappa shape index (κ2) is 5.01. The number of hydrogen-bond acceptors (Lipinski definition) is 5. The van der Waals surface area contributed by atoms with Crippen molar-refractivity contribution in [2.75, 3.05) is 26.6 Å². The Morgan fingerprint density at radius 2 is 2.05 bits per heavy atom. The lowest BCUT2D eigenvalue weighted by Crippen LogP contribution is -2.52. The molecule has 1 atom stereocenters. The maximum Gasteiger partial charge on any atom is 0.328 e. The van der Waals surface area contributed by atoms with E-state index in [2.05, 4.69) is 0 Å². The molecule has 106 valence electrons. The lowest BCUT2D eigenvalue weighted by Gasteiger charge is -2.32.